The van der Waals surface area contributed by atoms with Gasteiger partial charge in [0.25, 0.3) is 0 Å². The number of nitrogens with two attached hydrogens (primary N) is 1. The minimum Gasteiger partial charge on any atom is -0.381 e. The van der Waals surface area contributed by atoms with Crippen molar-refractivity contribution in [3.05, 3.63) is 47.6 Å². The second-order valence-electron chi connectivity index (χ2n) is 5.71. The molecule has 1 aromatic carbocycles. The fourth-order valence-corrected chi connectivity index (χ4v) is 2.66. The van der Waals surface area contributed by atoms with Crippen LogP contribution in [0.5, 0.6) is 0 Å². The number of rotatable bonds is 5. The van der Waals surface area contributed by atoms with Gasteiger partial charge in [-0.25, -0.2) is 0 Å². The van der Waals surface area contributed by atoms with Gasteiger partial charge in [-0.15, -0.1) is 0 Å². The van der Waals surface area contributed by atoms with Crippen LogP contribution >= 0.6 is 0 Å². The second-order valence-corrected chi connectivity index (χ2v) is 5.71. The maximum absolute atomic E-state index is 6.30. The third kappa shape index (κ3) is 3.31. The van der Waals surface area contributed by atoms with E-state index in [0.717, 1.165) is 37.4 Å². The van der Waals surface area contributed by atoms with Crippen molar-refractivity contribution in [2.24, 2.45) is 11.7 Å². The first-order valence-corrected chi connectivity index (χ1v) is 7.45. The van der Waals surface area contributed by atoms with Crippen molar-refractivity contribution in [3.63, 3.8) is 0 Å². The summed E-state index contributed by atoms with van der Waals surface area (Å²) < 4.78 is 10.8. The molecule has 5 heteroatoms. The van der Waals surface area contributed by atoms with Gasteiger partial charge in [0, 0.05) is 25.7 Å². The molecule has 0 aliphatic carbocycles. The fraction of sp³-hybridized carbons (Fsp3) is 0.500. The van der Waals surface area contributed by atoms with Crippen LogP contribution in [0.2, 0.25) is 0 Å². The molecule has 0 bridgehead atoms. The summed E-state index contributed by atoms with van der Waals surface area (Å²) in [5.41, 5.74) is 7.37. The monoisotopic (exact) mass is 287 g/mol. The number of nitrogens with zero attached hydrogens (tertiary/aromatic N) is 2. The first-order chi connectivity index (χ1) is 10.2. The predicted octanol–water partition coefficient (Wildman–Crippen LogP) is 2.45. The van der Waals surface area contributed by atoms with E-state index in [0.29, 0.717) is 11.8 Å². The summed E-state index contributed by atoms with van der Waals surface area (Å²) >= 11 is 0. The van der Waals surface area contributed by atoms with E-state index in [1.165, 1.54) is 0 Å². The molecule has 3 rings (SSSR count). The SMILES string of the molecule is CC(c1nc(CC2CCOC2)no1)C(N)c1ccccc1. The van der Waals surface area contributed by atoms with E-state index < -0.39 is 0 Å². The minimum absolute atomic E-state index is 0.00604. The van der Waals surface area contributed by atoms with Gasteiger partial charge in [0.05, 0.1) is 5.92 Å². The van der Waals surface area contributed by atoms with Crippen LogP contribution in [0.1, 0.15) is 42.6 Å². The average molecular weight is 287 g/mol. The van der Waals surface area contributed by atoms with Gasteiger partial charge in [-0.05, 0) is 17.9 Å². The third-order valence-corrected chi connectivity index (χ3v) is 4.09. The molecule has 0 radical (unpaired) electrons. The third-order valence-electron chi connectivity index (χ3n) is 4.09. The van der Waals surface area contributed by atoms with Crippen LogP contribution in [0.3, 0.4) is 0 Å². The van der Waals surface area contributed by atoms with Crippen LogP contribution in [0.25, 0.3) is 0 Å². The van der Waals surface area contributed by atoms with E-state index in [1.54, 1.807) is 0 Å². The lowest BCUT2D eigenvalue weighted by Crippen LogP contribution is -2.18. The molecule has 112 valence electrons. The molecule has 1 aliphatic rings. The van der Waals surface area contributed by atoms with E-state index in [-0.39, 0.29) is 12.0 Å². The maximum atomic E-state index is 6.30. The molecule has 0 saturated carbocycles. The lowest BCUT2D eigenvalue weighted by Gasteiger charge is -2.16. The zero-order chi connectivity index (χ0) is 14.7. The topological polar surface area (TPSA) is 74.2 Å². The standard InChI is InChI=1S/C16H21N3O2/c1-11(15(17)13-5-3-2-4-6-13)16-18-14(19-21-16)9-12-7-8-20-10-12/h2-6,11-12,15H,7-10,17H2,1H3. The average Bonchev–Trinajstić information content (AvgIpc) is 3.19. The summed E-state index contributed by atoms with van der Waals surface area (Å²) in [6.07, 6.45) is 1.89. The normalized spacial score (nSPS) is 21.3. The molecular formula is C16H21N3O2. The Balaban J connectivity index is 1.67. The first kappa shape index (κ1) is 14.2. The Hall–Kier alpha value is -1.72. The number of hydrogen-bond acceptors (Lipinski definition) is 5. The van der Waals surface area contributed by atoms with Crippen molar-refractivity contribution >= 4 is 0 Å². The molecule has 2 N–H and O–H groups in total. The Morgan fingerprint density at radius 2 is 2.14 bits per heavy atom. The summed E-state index contributed by atoms with van der Waals surface area (Å²) in [7, 11) is 0. The number of hydrogen-bond donors (Lipinski definition) is 1. The quantitative estimate of drug-likeness (QED) is 0.914. The van der Waals surface area contributed by atoms with Gasteiger partial charge in [-0.3, -0.25) is 0 Å². The fourth-order valence-electron chi connectivity index (χ4n) is 2.66. The van der Waals surface area contributed by atoms with Crippen molar-refractivity contribution in [1.29, 1.82) is 0 Å². The second kappa shape index (κ2) is 6.37. The molecule has 2 heterocycles. The molecule has 3 unspecified atom stereocenters. The van der Waals surface area contributed by atoms with Gasteiger partial charge in [-0.2, -0.15) is 4.98 Å². The Labute approximate surface area is 124 Å². The summed E-state index contributed by atoms with van der Waals surface area (Å²) in [5, 5.41) is 4.08. The smallest absolute Gasteiger partial charge is 0.231 e. The van der Waals surface area contributed by atoms with Crippen LogP contribution < -0.4 is 5.73 Å². The van der Waals surface area contributed by atoms with E-state index in [9.17, 15) is 0 Å². The van der Waals surface area contributed by atoms with Crippen molar-refractivity contribution in [1.82, 2.24) is 10.1 Å². The highest BCUT2D eigenvalue weighted by Gasteiger charge is 2.24. The van der Waals surface area contributed by atoms with Crippen LogP contribution in [-0.4, -0.2) is 23.4 Å². The maximum Gasteiger partial charge on any atom is 0.231 e. The zero-order valence-electron chi connectivity index (χ0n) is 12.2. The van der Waals surface area contributed by atoms with E-state index in [1.807, 2.05) is 37.3 Å². The summed E-state index contributed by atoms with van der Waals surface area (Å²) in [4.78, 5) is 4.51. The summed E-state index contributed by atoms with van der Waals surface area (Å²) in [5.74, 6) is 1.87. The van der Waals surface area contributed by atoms with Gasteiger partial charge in [-0.1, -0.05) is 42.4 Å². The van der Waals surface area contributed by atoms with Gasteiger partial charge < -0.3 is 15.0 Å². The van der Waals surface area contributed by atoms with Crippen molar-refractivity contribution < 1.29 is 9.26 Å². The Morgan fingerprint density at radius 1 is 1.33 bits per heavy atom. The number of benzene rings is 1. The molecule has 1 fully saturated rings. The van der Waals surface area contributed by atoms with Gasteiger partial charge in [0.1, 0.15) is 0 Å². The van der Waals surface area contributed by atoms with Crippen molar-refractivity contribution in [2.45, 2.75) is 31.7 Å². The molecule has 3 atom stereocenters. The highest BCUT2D eigenvalue weighted by molar-refractivity contribution is 5.21. The van der Waals surface area contributed by atoms with Crippen molar-refractivity contribution in [3.8, 4) is 0 Å². The predicted molar refractivity (Wildman–Crippen MR) is 78.7 cm³/mol. The Kier molecular flexibility index (Phi) is 4.31. The number of aromatic nitrogens is 2. The van der Waals surface area contributed by atoms with Crippen LogP contribution in [0.4, 0.5) is 0 Å². The van der Waals surface area contributed by atoms with Gasteiger partial charge in [0.2, 0.25) is 5.89 Å². The molecule has 1 aromatic heterocycles. The van der Waals surface area contributed by atoms with Crippen LogP contribution in [-0.2, 0) is 11.2 Å². The molecule has 21 heavy (non-hydrogen) atoms. The van der Waals surface area contributed by atoms with E-state index >= 15 is 0 Å². The first-order valence-electron chi connectivity index (χ1n) is 7.45. The highest BCUT2D eigenvalue weighted by Crippen LogP contribution is 2.27. The van der Waals surface area contributed by atoms with Crippen LogP contribution in [0.15, 0.2) is 34.9 Å². The summed E-state index contributed by atoms with van der Waals surface area (Å²) in [6, 6.07) is 9.86. The van der Waals surface area contributed by atoms with E-state index in [2.05, 4.69) is 10.1 Å². The number of ether oxygens (including phenoxy) is 1. The molecule has 1 aliphatic heterocycles. The van der Waals surface area contributed by atoms with Gasteiger partial charge in [0.15, 0.2) is 5.82 Å². The zero-order valence-corrected chi connectivity index (χ0v) is 12.2. The molecular weight excluding hydrogens is 266 g/mol. The van der Waals surface area contributed by atoms with E-state index in [4.69, 9.17) is 15.0 Å². The highest BCUT2D eigenvalue weighted by atomic mass is 16.5. The van der Waals surface area contributed by atoms with Gasteiger partial charge >= 0.3 is 0 Å². The Morgan fingerprint density at radius 3 is 2.86 bits per heavy atom. The molecule has 0 spiro atoms. The molecule has 2 aromatic rings. The summed E-state index contributed by atoms with van der Waals surface area (Å²) in [6.45, 7) is 3.65. The molecule has 1 saturated heterocycles. The van der Waals surface area contributed by atoms with Crippen LogP contribution in [0, 0.1) is 5.92 Å². The largest absolute Gasteiger partial charge is 0.381 e. The lowest BCUT2D eigenvalue weighted by molar-refractivity contribution is 0.185. The Bertz CT molecular complexity index is 564. The molecule has 0 amide bonds. The lowest BCUT2D eigenvalue weighted by atomic mass is 9.95. The minimum atomic E-state index is -0.144. The van der Waals surface area contributed by atoms with Crippen molar-refractivity contribution in [2.75, 3.05) is 13.2 Å². The molecule has 5 nitrogen and oxygen atoms in total.